The fourth-order valence-corrected chi connectivity index (χ4v) is 3.91. The molecule has 216 valence electrons. The first-order valence-electron chi connectivity index (χ1n) is 11.8. The lowest BCUT2D eigenvalue weighted by Crippen LogP contribution is -2.30. The third-order valence-corrected chi connectivity index (χ3v) is 5.73. The van der Waals surface area contributed by atoms with Gasteiger partial charge in [-0.05, 0) is 53.4 Å². The van der Waals surface area contributed by atoms with Crippen molar-refractivity contribution in [3.63, 3.8) is 0 Å². The molecule has 0 fully saturated rings. The number of ether oxygens (including phenoxy) is 3. The predicted octanol–water partition coefficient (Wildman–Crippen LogP) is 9.41. The zero-order chi connectivity index (χ0) is 30.0. The molecule has 0 aromatic heterocycles. The Balaban J connectivity index is 1.49. The smallest absolute Gasteiger partial charge is 0.494 e. The molecule has 4 aromatic rings. The largest absolute Gasteiger partial charge is 0.527 e. The molecule has 4 rings (SSSR count). The molecule has 0 amide bonds. The Kier molecular flexibility index (Phi) is 8.25. The summed E-state index contributed by atoms with van der Waals surface area (Å²) in [6, 6.07) is 19.2. The second-order valence-corrected chi connectivity index (χ2v) is 8.56. The van der Waals surface area contributed by atoms with Crippen LogP contribution < -0.4 is 9.47 Å². The highest BCUT2D eigenvalue weighted by atomic mass is 19.4. The van der Waals surface area contributed by atoms with Crippen LogP contribution in [0.15, 0.2) is 84.9 Å². The summed E-state index contributed by atoms with van der Waals surface area (Å²) >= 11 is 0. The Morgan fingerprint density at radius 1 is 0.561 bits per heavy atom. The maximum absolute atomic E-state index is 14.7. The summed E-state index contributed by atoms with van der Waals surface area (Å²) in [6.45, 7) is 2.42. The highest BCUT2D eigenvalue weighted by Gasteiger charge is 2.49. The number of hydrogen-bond donors (Lipinski definition) is 0. The molecule has 0 saturated carbocycles. The van der Waals surface area contributed by atoms with Crippen LogP contribution >= 0.6 is 0 Å². The quantitative estimate of drug-likeness (QED) is 0.183. The summed E-state index contributed by atoms with van der Waals surface area (Å²) in [5.41, 5.74) is -0.0779. The molecule has 0 aliphatic rings. The van der Waals surface area contributed by atoms with Crippen LogP contribution in [0.4, 0.5) is 39.5 Å². The minimum Gasteiger partial charge on any atom is -0.494 e. The van der Waals surface area contributed by atoms with Crippen molar-refractivity contribution >= 4 is 0 Å². The molecule has 0 saturated heterocycles. The first-order chi connectivity index (χ1) is 19.2. The zero-order valence-corrected chi connectivity index (χ0v) is 20.9. The van der Waals surface area contributed by atoms with Crippen molar-refractivity contribution in [1.82, 2.24) is 0 Å². The van der Waals surface area contributed by atoms with E-state index in [1.54, 1.807) is 12.1 Å². The van der Waals surface area contributed by atoms with Gasteiger partial charge in [0, 0.05) is 12.1 Å². The highest BCUT2D eigenvalue weighted by molar-refractivity contribution is 5.70. The van der Waals surface area contributed by atoms with Gasteiger partial charge < -0.3 is 9.47 Å². The summed E-state index contributed by atoms with van der Waals surface area (Å²) in [6.07, 6.45) is -15.6. The van der Waals surface area contributed by atoms with Crippen LogP contribution in [-0.2, 0) is 17.0 Å². The fraction of sp³-hybridized carbons (Fsp3) is 0.172. The summed E-state index contributed by atoms with van der Waals surface area (Å²) in [5, 5.41) is 0. The summed E-state index contributed by atoms with van der Waals surface area (Å²) in [4.78, 5) is 0. The topological polar surface area (TPSA) is 27.7 Å². The first-order valence-corrected chi connectivity index (χ1v) is 11.8. The Morgan fingerprint density at radius 2 is 0.976 bits per heavy atom. The van der Waals surface area contributed by atoms with Crippen molar-refractivity contribution in [2.75, 3.05) is 6.61 Å². The SMILES string of the molecule is CCOc1ccc(-c2ccc(-c3ccc(C(F)(F)Oc4cc(F)c(C(F)(F)OC(F)(F)F)c(F)c4)cc3)cc2)cc1. The Morgan fingerprint density at radius 3 is 1.39 bits per heavy atom. The summed E-state index contributed by atoms with van der Waals surface area (Å²) in [7, 11) is 0. The van der Waals surface area contributed by atoms with Crippen molar-refractivity contribution < 1.29 is 53.7 Å². The number of rotatable bonds is 9. The van der Waals surface area contributed by atoms with Crippen LogP contribution in [0.2, 0.25) is 0 Å². The van der Waals surface area contributed by atoms with E-state index < -0.39 is 47.1 Å². The molecule has 0 aliphatic heterocycles. The molecular formula is C29H19F9O3. The van der Waals surface area contributed by atoms with E-state index in [1.165, 1.54) is 12.1 Å². The Hall–Kier alpha value is -4.19. The normalized spacial score (nSPS) is 12.3. The third kappa shape index (κ3) is 7.12. The van der Waals surface area contributed by atoms with Crippen LogP contribution in [-0.4, -0.2) is 13.0 Å². The molecular weight excluding hydrogens is 567 g/mol. The average Bonchev–Trinajstić information content (AvgIpc) is 2.87. The molecule has 12 heteroatoms. The van der Waals surface area contributed by atoms with E-state index in [2.05, 4.69) is 9.47 Å². The van der Waals surface area contributed by atoms with Gasteiger partial charge in [0.1, 0.15) is 28.7 Å². The molecule has 0 unspecified atom stereocenters. The van der Waals surface area contributed by atoms with E-state index in [0.29, 0.717) is 17.7 Å². The number of halogens is 9. The van der Waals surface area contributed by atoms with Crippen LogP contribution in [0.5, 0.6) is 11.5 Å². The van der Waals surface area contributed by atoms with Gasteiger partial charge in [-0.1, -0.05) is 48.5 Å². The zero-order valence-electron chi connectivity index (χ0n) is 20.9. The number of alkyl halides is 7. The predicted molar refractivity (Wildman–Crippen MR) is 130 cm³/mol. The molecule has 0 atom stereocenters. The van der Waals surface area contributed by atoms with Gasteiger partial charge in [-0.2, -0.15) is 17.6 Å². The van der Waals surface area contributed by atoms with Crippen LogP contribution in [0, 0.1) is 11.6 Å². The van der Waals surface area contributed by atoms with Crippen molar-refractivity contribution in [3.8, 4) is 33.8 Å². The standard InChI is InChI=1S/C29H19F9O3/c1-2-39-22-13-9-20(10-14-22)18-5-3-17(4-6-18)19-7-11-21(12-8-19)27(32,33)40-23-15-24(30)26(25(31)16-23)28(34,35)41-29(36,37)38/h3-16H,2H2,1H3. The Labute approximate surface area is 227 Å². The molecule has 41 heavy (non-hydrogen) atoms. The number of hydrogen-bond acceptors (Lipinski definition) is 3. The molecule has 3 nitrogen and oxygen atoms in total. The molecule has 0 spiro atoms. The van der Waals surface area contributed by atoms with Crippen molar-refractivity contribution in [3.05, 3.63) is 108 Å². The van der Waals surface area contributed by atoms with Gasteiger partial charge in [-0.15, -0.1) is 13.2 Å². The number of benzene rings is 4. The fourth-order valence-electron chi connectivity index (χ4n) is 3.91. The van der Waals surface area contributed by atoms with Crippen molar-refractivity contribution in [2.24, 2.45) is 0 Å². The van der Waals surface area contributed by atoms with Gasteiger partial charge in [-0.25, -0.2) is 13.5 Å². The van der Waals surface area contributed by atoms with Crippen LogP contribution in [0.25, 0.3) is 22.3 Å². The minimum atomic E-state index is -5.94. The third-order valence-electron chi connectivity index (χ3n) is 5.73. The van der Waals surface area contributed by atoms with Crippen LogP contribution in [0.3, 0.4) is 0 Å². The van der Waals surface area contributed by atoms with E-state index in [-0.39, 0.29) is 12.1 Å². The molecule has 4 aromatic carbocycles. The van der Waals surface area contributed by atoms with E-state index in [9.17, 15) is 39.5 Å². The van der Waals surface area contributed by atoms with E-state index in [4.69, 9.17) is 4.74 Å². The maximum atomic E-state index is 14.7. The van der Waals surface area contributed by atoms with Gasteiger partial charge >= 0.3 is 18.6 Å². The summed E-state index contributed by atoms with van der Waals surface area (Å²) in [5.74, 6) is -5.08. The first kappa shape index (κ1) is 29.8. The van der Waals surface area contributed by atoms with Gasteiger partial charge in [0.2, 0.25) is 0 Å². The lowest BCUT2D eigenvalue weighted by Gasteiger charge is -2.22. The molecule has 0 N–H and O–H groups in total. The highest BCUT2D eigenvalue weighted by Crippen LogP contribution is 2.41. The maximum Gasteiger partial charge on any atom is 0.527 e. The molecule has 0 heterocycles. The molecule has 0 bridgehead atoms. The van der Waals surface area contributed by atoms with E-state index >= 15 is 0 Å². The van der Waals surface area contributed by atoms with Gasteiger partial charge in [0.25, 0.3) is 0 Å². The van der Waals surface area contributed by atoms with E-state index in [1.807, 2.05) is 43.3 Å². The van der Waals surface area contributed by atoms with Crippen molar-refractivity contribution in [1.29, 1.82) is 0 Å². The second-order valence-electron chi connectivity index (χ2n) is 8.56. The van der Waals surface area contributed by atoms with Gasteiger partial charge in [-0.3, -0.25) is 0 Å². The van der Waals surface area contributed by atoms with Gasteiger partial charge in [0.15, 0.2) is 0 Å². The van der Waals surface area contributed by atoms with Crippen LogP contribution in [0.1, 0.15) is 18.1 Å². The van der Waals surface area contributed by atoms with E-state index in [0.717, 1.165) is 29.0 Å². The lowest BCUT2D eigenvalue weighted by molar-refractivity contribution is -0.432. The molecule has 0 aliphatic carbocycles. The average molecular weight is 586 g/mol. The van der Waals surface area contributed by atoms with Crippen molar-refractivity contribution in [2.45, 2.75) is 25.5 Å². The lowest BCUT2D eigenvalue weighted by atomic mass is 9.99. The summed E-state index contributed by atoms with van der Waals surface area (Å²) < 4.78 is 134. The minimum absolute atomic E-state index is 0.0970. The Bertz CT molecular complexity index is 1460. The molecule has 0 radical (unpaired) electrons. The monoisotopic (exact) mass is 586 g/mol. The second kappa shape index (κ2) is 11.4. The van der Waals surface area contributed by atoms with Gasteiger partial charge in [0.05, 0.1) is 12.2 Å².